The maximum absolute atomic E-state index is 13.2. The zero-order valence-electron chi connectivity index (χ0n) is 14.0. The first-order valence-electron chi connectivity index (χ1n) is 8.01. The van der Waals surface area contributed by atoms with Crippen molar-refractivity contribution in [1.82, 2.24) is 14.5 Å². The largest absolute Gasteiger partial charge is 0.417 e. The van der Waals surface area contributed by atoms with Gasteiger partial charge in [0.05, 0.1) is 24.7 Å². The minimum atomic E-state index is -4.44. The van der Waals surface area contributed by atoms with E-state index in [1.165, 1.54) is 21.8 Å². The Morgan fingerprint density at radius 1 is 1.32 bits per heavy atom. The van der Waals surface area contributed by atoms with E-state index in [1.807, 2.05) is 6.92 Å². The summed E-state index contributed by atoms with van der Waals surface area (Å²) in [5, 5.41) is 3.22. The van der Waals surface area contributed by atoms with Crippen molar-refractivity contribution in [3.05, 3.63) is 23.5 Å². The molecule has 0 spiro atoms. The maximum atomic E-state index is 13.2. The Kier molecular flexibility index (Phi) is 4.39. The normalized spacial score (nSPS) is 28.6. The van der Waals surface area contributed by atoms with Crippen molar-refractivity contribution >= 4 is 16.4 Å². The van der Waals surface area contributed by atoms with Crippen LogP contribution in [0.4, 0.5) is 13.2 Å². The lowest BCUT2D eigenvalue weighted by Crippen LogP contribution is -2.53. The number of fused-ring (bicyclic) bond motifs is 1. The van der Waals surface area contributed by atoms with Gasteiger partial charge in [0.1, 0.15) is 5.54 Å². The number of allylic oxidation sites excluding steroid dienone is 2. The fourth-order valence-corrected chi connectivity index (χ4v) is 4.19. The molecule has 1 fully saturated rings. The molecule has 6 nitrogen and oxygen atoms in total. The Bertz CT molecular complexity index is 736. The number of hydrogen-bond donors (Lipinski definition) is 1. The number of alkyl halides is 3. The third-order valence-electron chi connectivity index (χ3n) is 4.94. The molecule has 3 aliphatic heterocycles. The van der Waals surface area contributed by atoms with E-state index in [-0.39, 0.29) is 6.04 Å². The molecule has 1 saturated heterocycles. The minimum Gasteiger partial charge on any atom is -0.384 e. The quantitative estimate of drug-likeness (QED) is 0.807. The van der Waals surface area contributed by atoms with E-state index in [1.54, 1.807) is 0 Å². The highest BCUT2D eigenvalue weighted by atomic mass is 32.2. The van der Waals surface area contributed by atoms with Crippen LogP contribution in [0.15, 0.2) is 28.5 Å². The van der Waals surface area contributed by atoms with Gasteiger partial charge in [0.15, 0.2) is 0 Å². The molecule has 0 aliphatic carbocycles. The highest BCUT2D eigenvalue weighted by Crippen LogP contribution is 2.38. The molecule has 0 radical (unpaired) electrons. The molecular formula is C15H21F3N4O2S. The van der Waals surface area contributed by atoms with Gasteiger partial charge in [-0.1, -0.05) is 0 Å². The van der Waals surface area contributed by atoms with Crippen LogP contribution in [-0.4, -0.2) is 67.6 Å². The van der Waals surface area contributed by atoms with Gasteiger partial charge in [0, 0.05) is 31.0 Å². The van der Waals surface area contributed by atoms with Crippen LogP contribution in [0.1, 0.15) is 19.8 Å². The SMILES string of the molecule is CC12CN=CN1C=C(C(F)(F)F)C=C2NC1CCN(S(C)(=O)=O)CC1. The number of halogens is 3. The summed E-state index contributed by atoms with van der Waals surface area (Å²) in [5.41, 5.74) is -0.921. The highest BCUT2D eigenvalue weighted by molar-refractivity contribution is 7.88. The number of hydrogen-bond acceptors (Lipinski definition) is 5. The van der Waals surface area contributed by atoms with Gasteiger partial charge in [-0.3, -0.25) is 4.99 Å². The summed E-state index contributed by atoms with van der Waals surface area (Å²) in [6, 6.07) is -0.0730. The summed E-state index contributed by atoms with van der Waals surface area (Å²) in [6.07, 6.45) is 1.47. The molecule has 0 amide bonds. The van der Waals surface area contributed by atoms with Crippen molar-refractivity contribution < 1.29 is 21.6 Å². The maximum Gasteiger partial charge on any atom is 0.417 e. The van der Waals surface area contributed by atoms with E-state index in [2.05, 4.69) is 10.3 Å². The fraction of sp³-hybridized carbons (Fsp3) is 0.667. The Morgan fingerprint density at radius 2 is 1.96 bits per heavy atom. The number of piperidine rings is 1. The van der Waals surface area contributed by atoms with Crippen molar-refractivity contribution in [3.63, 3.8) is 0 Å². The second kappa shape index (κ2) is 6.01. The van der Waals surface area contributed by atoms with Gasteiger partial charge in [-0.05, 0) is 25.8 Å². The zero-order valence-corrected chi connectivity index (χ0v) is 14.9. The lowest BCUT2D eigenvalue weighted by Gasteiger charge is -2.41. The molecule has 140 valence electrons. The molecule has 10 heteroatoms. The standard InChI is InChI=1S/C15H21F3N4O2S/c1-14-9-19-10-21(14)8-11(15(16,17)18)7-13(14)20-12-3-5-22(6-4-12)25(2,23)24/h7-8,10,12,20H,3-6,9H2,1-2H3. The second-order valence-corrected chi connectivity index (χ2v) is 8.84. The van der Waals surface area contributed by atoms with Gasteiger partial charge in [0.2, 0.25) is 10.0 Å². The lowest BCUT2D eigenvalue weighted by atomic mass is 9.90. The average molecular weight is 378 g/mol. The Morgan fingerprint density at radius 3 is 2.52 bits per heavy atom. The highest BCUT2D eigenvalue weighted by Gasteiger charge is 2.45. The Balaban J connectivity index is 1.77. The van der Waals surface area contributed by atoms with E-state index in [4.69, 9.17) is 0 Å². The smallest absolute Gasteiger partial charge is 0.384 e. The van der Waals surface area contributed by atoms with E-state index in [0.717, 1.165) is 12.3 Å². The zero-order chi connectivity index (χ0) is 18.5. The molecule has 0 aromatic carbocycles. The summed E-state index contributed by atoms with van der Waals surface area (Å²) < 4.78 is 64.1. The lowest BCUT2D eigenvalue weighted by molar-refractivity contribution is -0.0899. The average Bonchev–Trinajstić information content (AvgIpc) is 2.88. The number of rotatable bonds is 3. The molecule has 3 heterocycles. The van der Waals surface area contributed by atoms with E-state index in [0.29, 0.717) is 38.2 Å². The van der Waals surface area contributed by atoms with E-state index in [9.17, 15) is 21.6 Å². The van der Waals surface area contributed by atoms with Crippen molar-refractivity contribution in [2.24, 2.45) is 4.99 Å². The predicted molar refractivity (Wildman–Crippen MR) is 88.4 cm³/mol. The van der Waals surface area contributed by atoms with Crippen LogP contribution < -0.4 is 5.32 Å². The van der Waals surface area contributed by atoms with E-state index < -0.39 is 27.3 Å². The van der Waals surface area contributed by atoms with Gasteiger partial charge < -0.3 is 10.2 Å². The molecule has 0 aromatic heterocycles. The van der Waals surface area contributed by atoms with Crippen LogP contribution in [0.5, 0.6) is 0 Å². The monoisotopic (exact) mass is 378 g/mol. The fourth-order valence-electron chi connectivity index (χ4n) is 3.32. The molecule has 25 heavy (non-hydrogen) atoms. The predicted octanol–water partition coefficient (Wildman–Crippen LogP) is 1.45. The van der Waals surface area contributed by atoms with Gasteiger partial charge in [0.25, 0.3) is 0 Å². The number of sulfonamides is 1. The first-order valence-corrected chi connectivity index (χ1v) is 9.86. The second-order valence-electron chi connectivity index (χ2n) is 6.86. The van der Waals surface area contributed by atoms with Crippen LogP contribution in [0, 0.1) is 0 Å². The van der Waals surface area contributed by atoms with Crippen molar-refractivity contribution in [1.29, 1.82) is 0 Å². The van der Waals surface area contributed by atoms with Gasteiger partial charge in [-0.25, -0.2) is 12.7 Å². The molecule has 0 aromatic rings. The van der Waals surface area contributed by atoms with Crippen molar-refractivity contribution in [2.45, 2.75) is 37.5 Å². The van der Waals surface area contributed by atoms with Crippen LogP contribution in [0.3, 0.4) is 0 Å². The first-order chi connectivity index (χ1) is 11.5. The summed E-state index contributed by atoms with van der Waals surface area (Å²) in [5.74, 6) is 0. The van der Waals surface area contributed by atoms with Crippen LogP contribution in [0.2, 0.25) is 0 Å². The number of nitrogens with one attached hydrogen (secondary N) is 1. The Labute approximate surface area is 145 Å². The summed E-state index contributed by atoms with van der Waals surface area (Å²) in [6.45, 7) is 2.94. The molecular weight excluding hydrogens is 357 g/mol. The molecule has 0 bridgehead atoms. The third-order valence-corrected chi connectivity index (χ3v) is 6.25. The molecule has 3 aliphatic rings. The van der Waals surface area contributed by atoms with Crippen LogP contribution in [-0.2, 0) is 10.0 Å². The molecule has 1 atom stereocenters. The van der Waals surface area contributed by atoms with Gasteiger partial charge in [-0.15, -0.1) is 0 Å². The van der Waals surface area contributed by atoms with Crippen molar-refractivity contribution in [3.8, 4) is 0 Å². The van der Waals surface area contributed by atoms with Crippen LogP contribution >= 0.6 is 0 Å². The topological polar surface area (TPSA) is 65.0 Å². The molecule has 1 N–H and O–H groups in total. The molecule has 3 rings (SSSR count). The van der Waals surface area contributed by atoms with E-state index >= 15 is 0 Å². The molecule has 1 unspecified atom stereocenters. The first kappa shape index (κ1) is 18.2. The van der Waals surface area contributed by atoms with Gasteiger partial charge >= 0.3 is 6.18 Å². The minimum absolute atomic E-state index is 0.0730. The Hall–Kier alpha value is -1.55. The summed E-state index contributed by atoms with van der Waals surface area (Å²) in [7, 11) is -3.23. The van der Waals surface area contributed by atoms with Gasteiger partial charge in [-0.2, -0.15) is 13.2 Å². The number of nitrogens with zero attached hydrogens (tertiary/aromatic N) is 3. The summed E-state index contributed by atoms with van der Waals surface area (Å²) in [4.78, 5) is 5.61. The third kappa shape index (κ3) is 3.55. The molecule has 0 saturated carbocycles. The number of aliphatic imine (C=N–C) groups is 1. The van der Waals surface area contributed by atoms with Crippen LogP contribution in [0.25, 0.3) is 0 Å². The summed E-state index contributed by atoms with van der Waals surface area (Å²) >= 11 is 0. The van der Waals surface area contributed by atoms with Crippen molar-refractivity contribution in [2.75, 3.05) is 25.9 Å².